The SMILES string of the molecule is CC(CNC(=O)c1ccc(F)cc1)N1CCCC1. The predicted molar refractivity (Wildman–Crippen MR) is 69.0 cm³/mol. The van der Waals surface area contributed by atoms with E-state index in [0.717, 1.165) is 13.1 Å². The van der Waals surface area contributed by atoms with Crippen molar-refractivity contribution in [1.29, 1.82) is 0 Å². The highest BCUT2D eigenvalue weighted by molar-refractivity contribution is 5.94. The fraction of sp³-hybridized carbons (Fsp3) is 0.500. The Balaban J connectivity index is 1.82. The van der Waals surface area contributed by atoms with E-state index in [1.54, 1.807) is 0 Å². The first-order valence-electron chi connectivity index (χ1n) is 6.44. The lowest BCUT2D eigenvalue weighted by Gasteiger charge is -2.23. The molecule has 1 atom stereocenters. The number of benzene rings is 1. The van der Waals surface area contributed by atoms with Gasteiger partial charge in [0.2, 0.25) is 0 Å². The molecular weight excluding hydrogens is 231 g/mol. The van der Waals surface area contributed by atoms with Gasteiger partial charge < -0.3 is 5.32 Å². The van der Waals surface area contributed by atoms with E-state index in [2.05, 4.69) is 17.1 Å². The molecule has 18 heavy (non-hydrogen) atoms. The van der Waals surface area contributed by atoms with Crippen molar-refractivity contribution >= 4 is 5.91 Å². The Morgan fingerprint density at radius 3 is 2.56 bits per heavy atom. The molecule has 0 spiro atoms. The monoisotopic (exact) mass is 250 g/mol. The van der Waals surface area contributed by atoms with E-state index in [-0.39, 0.29) is 11.7 Å². The quantitative estimate of drug-likeness (QED) is 0.887. The molecule has 1 aromatic rings. The van der Waals surface area contributed by atoms with Gasteiger partial charge in [0.15, 0.2) is 0 Å². The number of amides is 1. The van der Waals surface area contributed by atoms with Crippen LogP contribution in [0, 0.1) is 5.82 Å². The molecular formula is C14H19FN2O. The number of hydrogen-bond donors (Lipinski definition) is 1. The van der Waals surface area contributed by atoms with Crippen LogP contribution in [0.25, 0.3) is 0 Å². The van der Waals surface area contributed by atoms with E-state index in [0.29, 0.717) is 18.2 Å². The molecule has 2 rings (SSSR count). The van der Waals surface area contributed by atoms with Crippen LogP contribution < -0.4 is 5.32 Å². The van der Waals surface area contributed by atoms with Crippen LogP contribution in [0.15, 0.2) is 24.3 Å². The van der Waals surface area contributed by atoms with Crippen molar-refractivity contribution < 1.29 is 9.18 Å². The smallest absolute Gasteiger partial charge is 0.251 e. The summed E-state index contributed by atoms with van der Waals surface area (Å²) in [5, 5.41) is 2.89. The fourth-order valence-electron chi connectivity index (χ4n) is 2.26. The Morgan fingerprint density at radius 2 is 1.94 bits per heavy atom. The Kier molecular flexibility index (Phi) is 4.31. The molecule has 1 saturated heterocycles. The standard InChI is InChI=1S/C14H19FN2O/c1-11(17-8-2-3-9-17)10-16-14(18)12-4-6-13(15)7-5-12/h4-7,11H,2-3,8-10H2,1H3,(H,16,18). The average molecular weight is 250 g/mol. The van der Waals surface area contributed by atoms with Crippen molar-refractivity contribution in [3.63, 3.8) is 0 Å². The largest absolute Gasteiger partial charge is 0.350 e. The van der Waals surface area contributed by atoms with Gasteiger partial charge >= 0.3 is 0 Å². The fourth-order valence-corrected chi connectivity index (χ4v) is 2.26. The molecule has 98 valence electrons. The summed E-state index contributed by atoms with van der Waals surface area (Å²) in [5.74, 6) is -0.460. The van der Waals surface area contributed by atoms with Crippen LogP contribution in [-0.2, 0) is 0 Å². The van der Waals surface area contributed by atoms with Gasteiger partial charge in [0.05, 0.1) is 0 Å². The third-order valence-electron chi connectivity index (χ3n) is 3.43. The third-order valence-corrected chi connectivity index (χ3v) is 3.43. The molecule has 4 heteroatoms. The Bertz CT molecular complexity index is 399. The zero-order chi connectivity index (χ0) is 13.0. The summed E-state index contributed by atoms with van der Waals surface area (Å²) in [6.45, 7) is 4.99. The molecule has 0 aromatic heterocycles. The second-order valence-corrected chi connectivity index (χ2v) is 4.81. The summed E-state index contributed by atoms with van der Waals surface area (Å²) >= 11 is 0. The summed E-state index contributed by atoms with van der Waals surface area (Å²) < 4.78 is 12.7. The zero-order valence-electron chi connectivity index (χ0n) is 10.7. The molecule has 1 N–H and O–H groups in total. The maximum atomic E-state index is 12.7. The molecule has 1 heterocycles. The molecule has 1 amide bonds. The van der Waals surface area contributed by atoms with Gasteiger partial charge in [0, 0.05) is 18.2 Å². The second kappa shape index (κ2) is 5.96. The van der Waals surface area contributed by atoms with E-state index >= 15 is 0 Å². The van der Waals surface area contributed by atoms with Gasteiger partial charge in [0.25, 0.3) is 5.91 Å². The first kappa shape index (κ1) is 13.0. The summed E-state index contributed by atoms with van der Waals surface area (Å²) in [7, 11) is 0. The number of halogens is 1. The number of hydrogen-bond acceptors (Lipinski definition) is 2. The number of rotatable bonds is 4. The summed E-state index contributed by atoms with van der Waals surface area (Å²) in [5.41, 5.74) is 0.505. The van der Waals surface area contributed by atoms with Crippen molar-refractivity contribution in [3.05, 3.63) is 35.6 Å². The Morgan fingerprint density at radius 1 is 1.33 bits per heavy atom. The minimum atomic E-state index is -0.322. The first-order valence-corrected chi connectivity index (χ1v) is 6.44. The van der Waals surface area contributed by atoms with Gasteiger partial charge in [-0.1, -0.05) is 0 Å². The van der Waals surface area contributed by atoms with Crippen molar-refractivity contribution in [2.24, 2.45) is 0 Å². The molecule has 1 unspecified atom stereocenters. The highest BCUT2D eigenvalue weighted by Crippen LogP contribution is 2.11. The lowest BCUT2D eigenvalue weighted by atomic mass is 10.2. The Labute approximate surface area is 107 Å². The van der Waals surface area contributed by atoms with Gasteiger partial charge in [-0.15, -0.1) is 0 Å². The first-order chi connectivity index (χ1) is 8.66. The van der Waals surface area contributed by atoms with E-state index in [1.807, 2.05) is 0 Å². The highest BCUT2D eigenvalue weighted by Gasteiger charge is 2.18. The molecule has 3 nitrogen and oxygen atoms in total. The van der Waals surface area contributed by atoms with Crippen LogP contribution in [0.5, 0.6) is 0 Å². The van der Waals surface area contributed by atoms with Crippen LogP contribution in [-0.4, -0.2) is 36.5 Å². The molecule has 0 saturated carbocycles. The number of carbonyl (C=O) groups is 1. The van der Waals surface area contributed by atoms with Crippen molar-refractivity contribution in [1.82, 2.24) is 10.2 Å². The molecule has 1 fully saturated rings. The van der Waals surface area contributed by atoms with Gasteiger partial charge in [-0.05, 0) is 57.1 Å². The van der Waals surface area contributed by atoms with Crippen molar-refractivity contribution in [2.75, 3.05) is 19.6 Å². The number of nitrogens with one attached hydrogen (secondary N) is 1. The summed E-state index contributed by atoms with van der Waals surface area (Å²) in [6, 6.07) is 5.98. The van der Waals surface area contributed by atoms with E-state index < -0.39 is 0 Å². The minimum Gasteiger partial charge on any atom is -0.350 e. The number of likely N-dealkylation sites (tertiary alicyclic amines) is 1. The van der Waals surface area contributed by atoms with E-state index in [9.17, 15) is 9.18 Å². The van der Waals surface area contributed by atoms with Crippen molar-refractivity contribution in [2.45, 2.75) is 25.8 Å². The maximum Gasteiger partial charge on any atom is 0.251 e. The van der Waals surface area contributed by atoms with Gasteiger partial charge in [-0.25, -0.2) is 4.39 Å². The van der Waals surface area contributed by atoms with Crippen LogP contribution in [0.3, 0.4) is 0 Å². The normalized spacial score (nSPS) is 17.7. The van der Waals surface area contributed by atoms with E-state index in [4.69, 9.17) is 0 Å². The molecule has 0 radical (unpaired) electrons. The zero-order valence-corrected chi connectivity index (χ0v) is 10.7. The third kappa shape index (κ3) is 3.29. The molecule has 0 bridgehead atoms. The minimum absolute atomic E-state index is 0.138. The summed E-state index contributed by atoms with van der Waals surface area (Å²) in [4.78, 5) is 14.2. The molecule has 1 aromatic carbocycles. The van der Waals surface area contributed by atoms with Crippen LogP contribution in [0.1, 0.15) is 30.1 Å². The Hall–Kier alpha value is -1.42. The van der Waals surface area contributed by atoms with Crippen molar-refractivity contribution in [3.8, 4) is 0 Å². The molecule has 0 aliphatic carbocycles. The van der Waals surface area contributed by atoms with Gasteiger partial charge in [-0.3, -0.25) is 9.69 Å². The molecule has 1 aliphatic heterocycles. The summed E-state index contributed by atoms with van der Waals surface area (Å²) in [6.07, 6.45) is 2.49. The van der Waals surface area contributed by atoms with E-state index in [1.165, 1.54) is 37.1 Å². The van der Waals surface area contributed by atoms with Gasteiger partial charge in [-0.2, -0.15) is 0 Å². The number of nitrogens with zero attached hydrogens (tertiary/aromatic N) is 1. The lowest BCUT2D eigenvalue weighted by molar-refractivity contribution is 0.0940. The highest BCUT2D eigenvalue weighted by atomic mass is 19.1. The average Bonchev–Trinajstić information content (AvgIpc) is 2.90. The topological polar surface area (TPSA) is 32.3 Å². The second-order valence-electron chi connectivity index (χ2n) is 4.81. The van der Waals surface area contributed by atoms with Gasteiger partial charge in [0.1, 0.15) is 5.82 Å². The maximum absolute atomic E-state index is 12.7. The predicted octanol–water partition coefficient (Wildman–Crippen LogP) is 2.04. The molecule has 1 aliphatic rings. The number of carbonyl (C=O) groups excluding carboxylic acids is 1. The van der Waals surface area contributed by atoms with Crippen LogP contribution in [0.2, 0.25) is 0 Å². The lowest BCUT2D eigenvalue weighted by Crippen LogP contribution is -2.40. The van der Waals surface area contributed by atoms with Crippen LogP contribution >= 0.6 is 0 Å². The van der Waals surface area contributed by atoms with Crippen LogP contribution in [0.4, 0.5) is 4.39 Å².